The molecule has 1 amide bonds. The van der Waals surface area contributed by atoms with Crippen molar-refractivity contribution in [1.29, 1.82) is 0 Å². The maximum Gasteiger partial charge on any atom is 0.338 e. The molecule has 3 aromatic rings. The Morgan fingerprint density at radius 1 is 1.12 bits per heavy atom. The van der Waals surface area contributed by atoms with Gasteiger partial charge in [0.05, 0.1) is 22.8 Å². The number of ether oxygens (including phenoxy) is 1. The molecule has 0 atom stereocenters. The van der Waals surface area contributed by atoms with Gasteiger partial charge in [-0.05, 0) is 98.8 Å². The number of aliphatic imine (C=N–C) groups is 1. The zero-order chi connectivity index (χ0) is 24.4. The lowest BCUT2D eigenvalue weighted by Gasteiger charge is -2.09. The molecular weight excluding hydrogens is 453 g/mol. The van der Waals surface area contributed by atoms with Crippen LogP contribution >= 0.6 is 11.8 Å². The summed E-state index contributed by atoms with van der Waals surface area (Å²) in [4.78, 5) is 31.4. The number of aryl methyl sites for hydroxylation is 1. The van der Waals surface area contributed by atoms with E-state index in [0.29, 0.717) is 27.9 Å². The van der Waals surface area contributed by atoms with Gasteiger partial charge in [-0.3, -0.25) is 9.69 Å². The first-order valence-corrected chi connectivity index (χ1v) is 11.6. The molecule has 2 aromatic carbocycles. The maximum absolute atomic E-state index is 13.3. The van der Waals surface area contributed by atoms with Gasteiger partial charge in [-0.15, -0.1) is 0 Å². The number of amides is 1. The van der Waals surface area contributed by atoms with Crippen molar-refractivity contribution in [2.24, 2.45) is 4.99 Å². The molecule has 0 unspecified atom stereocenters. The summed E-state index contributed by atoms with van der Waals surface area (Å²) >= 11 is 1.29. The summed E-state index contributed by atoms with van der Waals surface area (Å²) < 4.78 is 20.4. The van der Waals surface area contributed by atoms with Crippen LogP contribution in [0.2, 0.25) is 0 Å². The SMILES string of the molecule is CCOC(=O)c1ccc(N=C2SC(=Cc3cc(C)n(-c4ccc(F)cc4)c3C)C(=O)N2C)cc1. The molecule has 6 nitrogen and oxygen atoms in total. The second kappa shape index (κ2) is 9.69. The first-order chi connectivity index (χ1) is 16.3. The van der Waals surface area contributed by atoms with Crippen molar-refractivity contribution < 1.29 is 18.7 Å². The molecule has 8 heteroatoms. The third kappa shape index (κ3) is 4.68. The average Bonchev–Trinajstić information content (AvgIpc) is 3.24. The number of amidine groups is 1. The molecule has 1 saturated heterocycles. The molecule has 0 N–H and O–H groups in total. The maximum atomic E-state index is 13.3. The van der Waals surface area contributed by atoms with Gasteiger partial charge in [-0.1, -0.05) is 0 Å². The second-order valence-electron chi connectivity index (χ2n) is 7.77. The molecule has 34 heavy (non-hydrogen) atoms. The van der Waals surface area contributed by atoms with Gasteiger partial charge in [-0.25, -0.2) is 14.2 Å². The highest BCUT2D eigenvalue weighted by Crippen LogP contribution is 2.34. The number of carbonyl (C=O) groups excluding carboxylic acids is 2. The van der Waals surface area contributed by atoms with Gasteiger partial charge in [0.15, 0.2) is 5.17 Å². The number of aromatic nitrogens is 1. The number of carbonyl (C=O) groups is 2. The van der Waals surface area contributed by atoms with Crippen molar-refractivity contribution in [3.63, 3.8) is 0 Å². The summed E-state index contributed by atoms with van der Waals surface area (Å²) in [6.07, 6.45) is 1.86. The first kappa shape index (κ1) is 23.5. The number of thioether (sulfide) groups is 1. The minimum absolute atomic E-state index is 0.140. The molecule has 2 heterocycles. The van der Waals surface area contributed by atoms with E-state index in [1.807, 2.05) is 30.6 Å². The molecular formula is C26H24FN3O3S. The van der Waals surface area contributed by atoms with E-state index in [1.165, 1.54) is 28.8 Å². The standard InChI is InChI=1S/C26H24FN3O3S/c1-5-33-25(32)18-6-10-21(11-7-18)28-26-29(4)24(31)23(34-26)15-19-14-16(2)30(17(19)3)22-12-8-20(27)9-13-22/h6-15H,5H2,1-4H3. The number of benzene rings is 2. The van der Waals surface area contributed by atoms with Gasteiger partial charge < -0.3 is 9.30 Å². The van der Waals surface area contributed by atoms with Gasteiger partial charge in [0.1, 0.15) is 5.82 Å². The van der Waals surface area contributed by atoms with Crippen LogP contribution in [0.5, 0.6) is 0 Å². The van der Waals surface area contributed by atoms with Crippen LogP contribution < -0.4 is 0 Å². The van der Waals surface area contributed by atoms with Crippen molar-refractivity contribution >= 4 is 40.6 Å². The summed E-state index contributed by atoms with van der Waals surface area (Å²) in [7, 11) is 1.68. The third-order valence-corrected chi connectivity index (χ3v) is 6.51. The quantitative estimate of drug-likeness (QED) is 0.352. The molecule has 4 rings (SSSR count). The molecule has 0 saturated carbocycles. The van der Waals surface area contributed by atoms with Crippen molar-refractivity contribution in [2.75, 3.05) is 13.7 Å². The number of likely N-dealkylation sites (N-methyl/N-ethyl adjacent to an activating group) is 1. The fraction of sp³-hybridized carbons (Fsp3) is 0.192. The smallest absolute Gasteiger partial charge is 0.338 e. The lowest BCUT2D eigenvalue weighted by atomic mass is 10.2. The zero-order valence-electron chi connectivity index (χ0n) is 19.3. The van der Waals surface area contributed by atoms with E-state index >= 15 is 0 Å². The Balaban J connectivity index is 1.59. The van der Waals surface area contributed by atoms with Crippen LogP contribution in [0.1, 0.15) is 34.2 Å². The highest BCUT2D eigenvalue weighted by molar-refractivity contribution is 8.18. The number of nitrogens with zero attached hydrogens (tertiary/aromatic N) is 3. The van der Waals surface area contributed by atoms with E-state index in [1.54, 1.807) is 50.4 Å². The summed E-state index contributed by atoms with van der Waals surface area (Å²) in [5.74, 6) is -0.807. The van der Waals surface area contributed by atoms with Crippen LogP contribution in [0.3, 0.4) is 0 Å². The van der Waals surface area contributed by atoms with Crippen LogP contribution in [0.4, 0.5) is 10.1 Å². The molecule has 0 aliphatic carbocycles. The van der Waals surface area contributed by atoms with Gasteiger partial charge in [0.25, 0.3) is 5.91 Å². The Labute approximate surface area is 201 Å². The molecule has 174 valence electrons. The lowest BCUT2D eigenvalue weighted by Crippen LogP contribution is -2.23. The fourth-order valence-electron chi connectivity index (χ4n) is 3.71. The molecule has 1 fully saturated rings. The van der Waals surface area contributed by atoms with E-state index in [9.17, 15) is 14.0 Å². The molecule has 1 aliphatic rings. The van der Waals surface area contributed by atoms with E-state index in [2.05, 4.69) is 4.99 Å². The molecule has 0 bridgehead atoms. The van der Waals surface area contributed by atoms with Crippen molar-refractivity contribution in [1.82, 2.24) is 9.47 Å². The first-order valence-electron chi connectivity index (χ1n) is 10.8. The van der Waals surface area contributed by atoms with Gasteiger partial charge in [0.2, 0.25) is 0 Å². The number of halogens is 1. The monoisotopic (exact) mass is 477 g/mol. The van der Waals surface area contributed by atoms with Crippen molar-refractivity contribution in [3.8, 4) is 5.69 Å². The van der Waals surface area contributed by atoms with E-state index in [4.69, 9.17) is 4.74 Å². The number of hydrogen-bond donors (Lipinski definition) is 0. The van der Waals surface area contributed by atoms with Crippen LogP contribution in [0.15, 0.2) is 64.5 Å². The predicted molar refractivity (Wildman–Crippen MR) is 133 cm³/mol. The zero-order valence-corrected chi connectivity index (χ0v) is 20.1. The topological polar surface area (TPSA) is 63.9 Å². The minimum Gasteiger partial charge on any atom is -0.462 e. The molecule has 1 aliphatic heterocycles. The van der Waals surface area contributed by atoms with Gasteiger partial charge >= 0.3 is 5.97 Å². The normalized spacial score (nSPS) is 16.0. The van der Waals surface area contributed by atoms with Crippen molar-refractivity contribution in [2.45, 2.75) is 20.8 Å². The summed E-state index contributed by atoms with van der Waals surface area (Å²) in [5, 5.41) is 0.549. The Hall–Kier alpha value is -3.65. The average molecular weight is 478 g/mol. The van der Waals surface area contributed by atoms with E-state index < -0.39 is 0 Å². The number of hydrogen-bond acceptors (Lipinski definition) is 5. The highest BCUT2D eigenvalue weighted by atomic mass is 32.2. The van der Waals surface area contributed by atoms with Gasteiger partial charge in [-0.2, -0.15) is 0 Å². The summed E-state index contributed by atoms with van der Waals surface area (Å²) in [6.45, 7) is 6.01. The van der Waals surface area contributed by atoms with Crippen LogP contribution in [0.25, 0.3) is 11.8 Å². The van der Waals surface area contributed by atoms with Crippen molar-refractivity contribution in [3.05, 3.63) is 87.8 Å². The number of esters is 1. The molecule has 1 aromatic heterocycles. The third-order valence-electron chi connectivity index (χ3n) is 5.45. The predicted octanol–water partition coefficient (Wildman–Crippen LogP) is 5.64. The van der Waals surface area contributed by atoms with E-state index in [0.717, 1.165) is 22.6 Å². The molecule has 0 radical (unpaired) electrons. The van der Waals surface area contributed by atoms with Crippen LogP contribution in [-0.4, -0.2) is 40.2 Å². The lowest BCUT2D eigenvalue weighted by molar-refractivity contribution is -0.121. The summed E-state index contributed by atoms with van der Waals surface area (Å²) in [6, 6.07) is 15.1. The fourth-order valence-corrected chi connectivity index (χ4v) is 4.69. The highest BCUT2D eigenvalue weighted by Gasteiger charge is 2.30. The van der Waals surface area contributed by atoms with Gasteiger partial charge in [0, 0.05) is 24.1 Å². The van der Waals surface area contributed by atoms with Crippen LogP contribution in [-0.2, 0) is 9.53 Å². The Morgan fingerprint density at radius 3 is 2.44 bits per heavy atom. The Bertz CT molecular complexity index is 1310. The largest absolute Gasteiger partial charge is 0.462 e. The Kier molecular flexibility index (Phi) is 6.70. The number of rotatable bonds is 5. The second-order valence-corrected chi connectivity index (χ2v) is 8.78. The Morgan fingerprint density at radius 2 is 1.79 bits per heavy atom. The molecule has 0 spiro atoms. The minimum atomic E-state index is -0.382. The van der Waals surface area contributed by atoms with Crippen LogP contribution in [0, 0.1) is 19.7 Å². The summed E-state index contributed by atoms with van der Waals surface area (Å²) in [5.41, 5.74) is 4.78. The van der Waals surface area contributed by atoms with E-state index in [-0.39, 0.29) is 17.7 Å².